The molecule has 2 heterocycles. The maximum Gasteiger partial charge on any atom is 0.255 e. The molecule has 0 bridgehead atoms. The average Bonchev–Trinajstić information content (AvgIpc) is 2.53. The lowest BCUT2D eigenvalue weighted by Gasteiger charge is -2.29. The summed E-state index contributed by atoms with van der Waals surface area (Å²) in [7, 11) is 1.89. The van der Waals surface area contributed by atoms with Crippen LogP contribution in [0.15, 0.2) is 18.3 Å². The summed E-state index contributed by atoms with van der Waals surface area (Å²) in [5, 5.41) is 6.07. The quantitative estimate of drug-likeness (QED) is 0.854. The molecule has 1 amide bonds. The number of nitrogens with one attached hydrogen (secondary N) is 2. The van der Waals surface area contributed by atoms with Crippen LogP contribution < -0.4 is 15.5 Å². The van der Waals surface area contributed by atoms with Crippen molar-refractivity contribution in [1.82, 2.24) is 15.6 Å². The minimum atomic E-state index is -0.0410. The minimum absolute atomic E-state index is 0.0410. The molecule has 1 unspecified atom stereocenters. The summed E-state index contributed by atoms with van der Waals surface area (Å²) in [5.41, 5.74) is 0.678. The highest BCUT2D eigenvalue weighted by atomic mass is 16.1. The smallest absolute Gasteiger partial charge is 0.255 e. The first-order valence-corrected chi connectivity index (χ1v) is 7.38. The summed E-state index contributed by atoms with van der Waals surface area (Å²) >= 11 is 0. The summed E-state index contributed by atoms with van der Waals surface area (Å²) < 4.78 is 0. The van der Waals surface area contributed by atoms with Crippen molar-refractivity contribution in [3.05, 3.63) is 23.9 Å². The first kappa shape index (κ1) is 14.8. The van der Waals surface area contributed by atoms with Gasteiger partial charge in [-0.25, -0.2) is 4.98 Å². The number of hydrogen-bond acceptors (Lipinski definition) is 4. The second-order valence-corrected chi connectivity index (χ2v) is 5.32. The van der Waals surface area contributed by atoms with Gasteiger partial charge in [-0.2, -0.15) is 0 Å². The number of likely N-dealkylation sites (N-methyl/N-ethyl adjacent to an activating group) is 1. The standard InChI is InChI=1S/C15H24N4O/c1-12(16-2)11-18-15(20)13-7-6-8-17-14(13)19-9-4-3-5-10-19/h6-8,12,16H,3-5,9-11H2,1-2H3,(H,18,20). The van der Waals surface area contributed by atoms with Crippen molar-refractivity contribution in [3.8, 4) is 0 Å². The third kappa shape index (κ3) is 3.70. The first-order chi connectivity index (χ1) is 9.72. The molecule has 0 aliphatic carbocycles. The number of carbonyl (C=O) groups is 1. The molecule has 1 saturated heterocycles. The van der Waals surface area contributed by atoms with Gasteiger partial charge >= 0.3 is 0 Å². The van der Waals surface area contributed by atoms with Crippen molar-refractivity contribution < 1.29 is 4.79 Å². The van der Waals surface area contributed by atoms with E-state index in [1.54, 1.807) is 6.20 Å². The zero-order valence-corrected chi connectivity index (χ0v) is 12.4. The van der Waals surface area contributed by atoms with Crippen molar-refractivity contribution in [1.29, 1.82) is 0 Å². The van der Waals surface area contributed by atoms with Gasteiger partial charge in [-0.15, -0.1) is 0 Å². The van der Waals surface area contributed by atoms with E-state index in [0.717, 1.165) is 18.9 Å². The molecule has 110 valence electrons. The van der Waals surface area contributed by atoms with Gasteiger partial charge in [0.2, 0.25) is 0 Å². The van der Waals surface area contributed by atoms with Gasteiger partial charge in [-0.3, -0.25) is 4.79 Å². The average molecular weight is 276 g/mol. The highest BCUT2D eigenvalue weighted by Gasteiger charge is 2.19. The van der Waals surface area contributed by atoms with Crippen LogP contribution in [0.5, 0.6) is 0 Å². The molecule has 1 aliphatic rings. The lowest BCUT2D eigenvalue weighted by molar-refractivity contribution is 0.0950. The van der Waals surface area contributed by atoms with Crippen LogP contribution >= 0.6 is 0 Å². The van der Waals surface area contributed by atoms with E-state index in [0.29, 0.717) is 12.1 Å². The Kier molecular flexibility index (Phi) is 5.35. The van der Waals surface area contributed by atoms with E-state index in [9.17, 15) is 4.79 Å². The van der Waals surface area contributed by atoms with Crippen molar-refractivity contribution >= 4 is 11.7 Å². The molecule has 1 aliphatic heterocycles. The Bertz CT molecular complexity index is 443. The van der Waals surface area contributed by atoms with Crippen molar-refractivity contribution in [2.24, 2.45) is 0 Å². The molecule has 20 heavy (non-hydrogen) atoms. The molecule has 1 fully saturated rings. The highest BCUT2D eigenvalue weighted by molar-refractivity contribution is 5.98. The molecule has 0 radical (unpaired) electrons. The number of nitrogens with zero attached hydrogens (tertiary/aromatic N) is 2. The third-order valence-corrected chi connectivity index (χ3v) is 3.75. The Balaban J connectivity index is 2.08. The molecular formula is C15H24N4O. The predicted molar refractivity (Wildman–Crippen MR) is 81.2 cm³/mol. The summed E-state index contributed by atoms with van der Waals surface area (Å²) in [6.45, 7) is 4.63. The van der Waals surface area contributed by atoms with Gasteiger partial charge in [0.15, 0.2) is 0 Å². The molecule has 0 spiro atoms. The van der Waals surface area contributed by atoms with Crippen LogP contribution in [-0.2, 0) is 0 Å². The van der Waals surface area contributed by atoms with E-state index in [2.05, 4.69) is 20.5 Å². The molecule has 5 nitrogen and oxygen atoms in total. The van der Waals surface area contributed by atoms with Crippen LogP contribution in [0.25, 0.3) is 0 Å². The van der Waals surface area contributed by atoms with Crippen LogP contribution in [0.3, 0.4) is 0 Å². The van der Waals surface area contributed by atoms with Gasteiger partial charge in [0.05, 0.1) is 5.56 Å². The van der Waals surface area contributed by atoms with Crippen LogP contribution in [0.2, 0.25) is 0 Å². The number of pyridine rings is 1. The summed E-state index contributed by atoms with van der Waals surface area (Å²) in [4.78, 5) is 19.0. The fourth-order valence-corrected chi connectivity index (χ4v) is 2.37. The van der Waals surface area contributed by atoms with E-state index >= 15 is 0 Å². The molecule has 5 heteroatoms. The molecule has 1 atom stereocenters. The summed E-state index contributed by atoms with van der Waals surface area (Å²) in [5.74, 6) is 0.780. The number of rotatable bonds is 5. The second-order valence-electron chi connectivity index (χ2n) is 5.32. The Morgan fingerprint density at radius 3 is 2.85 bits per heavy atom. The number of carbonyl (C=O) groups excluding carboxylic acids is 1. The van der Waals surface area contributed by atoms with E-state index in [4.69, 9.17) is 0 Å². The van der Waals surface area contributed by atoms with E-state index in [-0.39, 0.29) is 11.9 Å². The lowest BCUT2D eigenvalue weighted by atomic mass is 10.1. The topological polar surface area (TPSA) is 57.3 Å². The number of anilines is 1. The third-order valence-electron chi connectivity index (χ3n) is 3.75. The van der Waals surface area contributed by atoms with Gasteiger partial charge in [-0.05, 0) is 45.4 Å². The molecule has 2 rings (SSSR count). The largest absolute Gasteiger partial charge is 0.356 e. The zero-order chi connectivity index (χ0) is 14.4. The van der Waals surface area contributed by atoms with Crippen LogP contribution in [0, 0.1) is 0 Å². The van der Waals surface area contributed by atoms with E-state index < -0.39 is 0 Å². The number of aromatic nitrogens is 1. The Labute approximate surface area is 120 Å². The van der Waals surface area contributed by atoms with Gasteiger partial charge in [0, 0.05) is 31.9 Å². The van der Waals surface area contributed by atoms with Crippen molar-refractivity contribution in [2.45, 2.75) is 32.2 Å². The highest BCUT2D eigenvalue weighted by Crippen LogP contribution is 2.21. The van der Waals surface area contributed by atoms with E-state index in [1.807, 2.05) is 26.1 Å². The first-order valence-electron chi connectivity index (χ1n) is 7.38. The van der Waals surface area contributed by atoms with Gasteiger partial charge in [0.25, 0.3) is 5.91 Å². The SMILES string of the molecule is CNC(C)CNC(=O)c1cccnc1N1CCCCC1. The minimum Gasteiger partial charge on any atom is -0.356 e. The number of hydrogen-bond donors (Lipinski definition) is 2. The molecule has 1 aromatic heterocycles. The van der Waals surface area contributed by atoms with Crippen LogP contribution in [0.1, 0.15) is 36.5 Å². The maximum absolute atomic E-state index is 12.3. The second kappa shape index (κ2) is 7.24. The van der Waals surface area contributed by atoms with Crippen LogP contribution in [0.4, 0.5) is 5.82 Å². The van der Waals surface area contributed by atoms with E-state index in [1.165, 1.54) is 19.3 Å². The molecular weight excluding hydrogens is 252 g/mol. The molecule has 2 N–H and O–H groups in total. The van der Waals surface area contributed by atoms with Crippen molar-refractivity contribution in [3.63, 3.8) is 0 Å². The summed E-state index contributed by atoms with van der Waals surface area (Å²) in [6, 6.07) is 3.94. The van der Waals surface area contributed by atoms with Gasteiger partial charge < -0.3 is 15.5 Å². The molecule has 0 saturated carbocycles. The van der Waals surface area contributed by atoms with Crippen molar-refractivity contribution in [2.75, 3.05) is 31.6 Å². The number of amides is 1. The predicted octanol–water partition coefficient (Wildman–Crippen LogP) is 1.41. The van der Waals surface area contributed by atoms with Crippen LogP contribution in [-0.4, -0.2) is 43.6 Å². The maximum atomic E-state index is 12.3. The molecule has 1 aromatic rings. The normalized spacial score (nSPS) is 16.8. The van der Waals surface area contributed by atoms with Gasteiger partial charge in [0.1, 0.15) is 5.82 Å². The van der Waals surface area contributed by atoms with Gasteiger partial charge in [-0.1, -0.05) is 0 Å². The monoisotopic (exact) mass is 276 g/mol. The molecule has 0 aromatic carbocycles. The Morgan fingerprint density at radius 2 is 2.15 bits per heavy atom. The fourth-order valence-electron chi connectivity index (χ4n) is 2.37. The Morgan fingerprint density at radius 1 is 1.40 bits per heavy atom. The number of piperidine rings is 1. The fraction of sp³-hybridized carbons (Fsp3) is 0.600. The summed E-state index contributed by atoms with van der Waals surface area (Å²) in [6.07, 6.45) is 5.38. The zero-order valence-electron chi connectivity index (χ0n) is 12.4. The Hall–Kier alpha value is -1.62. The lowest BCUT2D eigenvalue weighted by Crippen LogP contribution is -2.38.